The minimum atomic E-state index is 0.593. The third kappa shape index (κ3) is 3.33. The highest BCUT2D eigenvalue weighted by atomic mass is 32.1. The predicted octanol–water partition coefficient (Wildman–Crippen LogP) is 2.32. The van der Waals surface area contributed by atoms with Crippen molar-refractivity contribution in [1.29, 1.82) is 0 Å². The molecule has 1 saturated carbocycles. The van der Waals surface area contributed by atoms with Gasteiger partial charge >= 0.3 is 0 Å². The second-order valence-corrected chi connectivity index (χ2v) is 6.45. The van der Waals surface area contributed by atoms with E-state index >= 15 is 0 Å². The largest absolute Gasteiger partial charge is 0.358 e. The molecule has 0 radical (unpaired) electrons. The molecule has 0 spiro atoms. The molecule has 1 aliphatic rings. The van der Waals surface area contributed by atoms with Crippen molar-refractivity contribution in [3.05, 3.63) is 18.0 Å². The molecule has 0 amide bonds. The van der Waals surface area contributed by atoms with Gasteiger partial charge in [-0.2, -0.15) is 4.37 Å². The van der Waals surface area contributed by atoms with Crippen molar-refractivity contribution in [2.75, 3.05) is 11.9 Å². The molecule has 0 atom stereocenters. The summed E-state index contributed by atoms with van der Waals surface area (Å²) in [5.74, 6) is 3.30. The van der Waals surface area contributed by atoms with Crippen LogP contribution in [0, 0.1) is 5.92 Å². The zero-order valence-corrected chi connectivity index (χ0v) is 12.7. The first-order chi connectivity index (χ1) is 9.72. The zero-order chi connectivity index (χ0) is 13.9. The summed E-state index contributed by atoms with van der Waals surface area (Å²) in [6, 6.07) is 0. The maximum Gasteiger partial charge on any atom is 0.202 e. The van der Waals surface area contributed by atoms with E-state index in [2.05, 4.69) is 43.3 Å². The highest BCUT2D eigenvalue weighted by Crippen LogP contribution is 2.38. The lowest BCUT2D eigenvalue weighted by Crippen LogP contribution is -2.12. The molecule has 0 aromatic carbocycles. The van der Waals surface area contributed by atoms with Crippen LogP contribution in [0.25, 0.3) is 0 Å². The van der Waals surface area contributed by atoms with Crippen LogP contribution in [-0.4, -0.2) is 30.7 Å². The maximum absolute atomic E-state index is 4.49. The van der Waals surface area contributed by atoms with Gasteiger partial charge < -0.3 is 9.88 Å². The lowest BCUT2D eigenvalue weighted by molar-refractivity contribution is 0.627. The number of hydrogen-bond donors (Lipinski definition) is 1. The Morgan fingerprint density at radius 3 is 3.05 bits per heavy atom. The van der Waals surface area contributed by atoms with Crippen LogP contribution in [0.15, 0.2) is 6.33 Å². The van der Waals surface area contributed by atoms with Gasteiger partial charge in [-0.1, -0.05) is 13.8 Å². The number of anilines is 1. The molecule has 108 valence electrons. The monoisotopic (exact) mass is 292 g/mol. The lowest BCUT2D eigenvalue weighted by atomic mass is 10.1. The molecule has 1 N–H and O–H groups in total. The Hall–Kier alpha value is -1.50. The summed E-state index contributed by atoms with van der Waals surface area (Å²) in [6.45, 7) is 6.06. The Bertz CT molecular complexity index is 557. The predicted molar refractivity (Wildman–Crippen MR) is 78.9 cm³/mol. The Labute approximate surface area is 122 Å². The SMILES string of the molecule is CC(C)Cc1nsc(NCCn2cnnc2C2CC2)n1. The van der Waals surface area contributed by atoms with Crippen LogP contribution < -0.4 is 5.32 Å². The van der Waals surface area contributed by atoms with Gasteiger partial charge in [0.05, 0.1) is 0 Å². The molecule has 0 aliphatic heterocycles. The van der Waals surface area contributed by atoms with Gasteiger partial charge in [-0.25, -0.2) is 4.98 Å². The Balaban J connectivity index is 1.49. The number of rotatable bonds is 7. The molecule has 2 aromatic rings. The standard InChI is InChI=1S/C13H20N6S/c1-9(2)7-11-16-13(20-18-11)14-5-6-19-8-15-17-12(19)10-3-4-10/h8-10H,3-7H2,1-2H3,(H,14,16,18). The third-order valence-electron chi connectivity index (χ3n) is 3.28. The van der Waals surface area contributed by atoms with Crippen LogP contribution in [0.2, 0.25) is 0 Å². The third-order valence-corrected chi connectivity index (χ3v) is 3.99. The van der Waals surface area contributed by atoms with Crippen molar-refractivity contribution >= 4 is 16.7 Å². The molecule has 1 fully saturated rings. The summed E-state index contributed by atoms with van der Waals surface area (Å²) in [6.07, 6.45) is 5.26. The summed E-state index contributed by atoms with van der Waals surface area (Å²) in [7, 11) is 0. The van der Waals surface area contributed by atoms with Gasteiger partial charge in [0, 0.05) is 37.0 Å². The smallest absolute Gasteiger partial charge is 0.202 e. The van der Waals surface area contributed by atoms with Crippen molar-refractivity contribution in [2.45, 2.75) is 45.6 Å². The molecule has 0 unspecified atom stereocenters. The Morgan fingerprint density at radius 2 is 2.30 bits per heavy atom. The summed E-state index contributed by atoms with van der Waals surface area (Å²) < 4.78 is 6.50. The van der Waals surface area contributed by atoms with Gasteiger partial charge in [0.15, 0.2) is 0 Å². The molecular weight excluding hydrogens is 272 g/mol. The number of aromatic nitrogens is 5. The summed E-state index contributed by atoms with van der Waals surface area (Å²) >= 11 is 1.44. The van der Waals surface area contributed by atoms with Gasteiger partial charge in [-0.15, -0.1) is 10.2 Å². The van der Waals surface area contributed by atoms with E-state index < -0.39 is 0 Å². The molecule has 2 heterocycles. The average molecular weight is 292 g/mol. The maximum atomic E-state index is 4.49. The fourth-order valence-corrected chi connectivity index (χ4v) is 2.77. The van der Waals surface area contributed by atoms with Crippen molar-refractivity contribution in [3.8, 4) is 0 Å². The number of hydrogen-bond acceptors (Lipinski definition) is 6. The van der Waals surface area contributed by atoms with Crippen LogP contribution >= 0.6 is 11.5 Å². The molecular formula is C13H20N6S. The van der Waals surface area contributed by atoms with E-state index in [0.29, 0.717) is 11.8 Å². The summed E-state index contributed by atoms with van der Waals surface area (Å²) in [5.41, 5.74) is 0. The highest BCUT2D eigenvalue weighted by molar-refractivity contribution is 7.09. The zero-order valence-electron chi connectivity index (χ0n) is 11.9. The van der Waals surface area contributed by atoms with Gasteiger partial charge in [-0.3, -0.25) is 0 Å². The molecule has 1 aliphatic carbocycles. The molecule has 0 bridgehead atoms. The minimum absolute atomic E-state index is 0.593. The Morgan fingerprint density at radius 1 is 1.45 bits per heavy atom. The van der Waals surface area contributed by atoms with E-state index in [9.17, 15) is 0 Å². The van der Waals surface area contributed by atoms with Crippen molar-refractivity contribution in [1.82, 2.24) is 24.1 Å². The van der Waals surface area contributed by atoms with E-state index in [1.807, 2.05) is 6.33 Å². The summed E-state index contributed by atoms with van der Waals surface area (Å²) in [5, 5.41) is 12.4. The highest BCUT2D eigenvalue weighted by Gasteiger charge is 2.28. The average Bonchev–Trinajstić information content (AvgIpc) is 2.98. The minimum Gasteiger partial charge on any atom is -0.358 e. The van der Waals surface area contributed by atoms with Crippen LogP contribution in [-0.2, 0) is 13.0 Å². The first-order valence-electron chi connectivity index (χ1n) is 7.16. The van der Waals surface area contributed by atoms with Gasteiger partial charge in [0.2, 0.25) is 5.13 Å². The fourth-order valence-electron chi connectivity index (χ4n) is 2.15. The van der Waals surface area contributed by atoms with Crippen molar-refractivity contribution in [2.24, 2.45) is 5.92 Å². The van der Waals surface area contributed by atoms with E-state index in [1.54, 1.807) is 0 Å². The molecule has 6 nitrogen and oxygen atoms in total. The Kier molecular flexibility index (Phi) is 3.95. The summed E-state index contributed by atoms with van der Waals surface area (Å²) in [4.78, 5) is 4.49. The van der Waals surface area contributed by atoms with Crippen molar-refractivity contribution in [3.63, 3.8) is 0 Å². The van der Waals surface area contributed by atoms with Crippen LogP contribution in [0.3, 0.4) is 0 Å². The van der Waals surface area contributed by atoms with Gasteiger partial charge in [-0.05, 0) is 18.8 Å². The fraction of sp³-hybridized carbons (Fsp3) is 0.692. The van der Waals surface area contributed by atoms with E-state index in [4.69, 9.17) is 0 Å². The first kappa shape index (κ1) is 13.5. The number of nitrogens with zero attached hydrogens (tertiary/aromatic N) is 5. The normalized spacial score (nSPS) is 14.9. The van der Waals surface area contributed by atoms with E-state index in [-0.39, 0.29) is 0 Å². The number of nitrogens with one attached hydrogen (secondary N) is 1. The molecule has 2 aromatic heterocycles. The topological polar surface area (TPSA) is 68.5 Å². The van der Waals surface area contributed by atoms with Gasteiger partial charge in [0.25, 0.3) is 0 Å². The van der Waals surface area contributed by atoms with E-state index in [1.165, 1.54) is 24.4 Å². The quantitative estimate of drug-likeness (QED) is 0.848. The molecule has 3 rings (SSSR count). The molecule has 7 heteroatoms. The first-order valence-corrected chi connectivity index (χ1v) is 7.94. The molecule has 20 heavy (non-hydrogen) atoms. The second-order valence-electron chi connectivity index (χ2n) is 5.70. The second kappa shape index (κ2) is 5.87. The van der Waals surface area contributed by atoms with Crippen LogP contribution in [0.4, 0.5) is 5.13 Å². The van der Waals surface area contributed by atoms with Gasteiger partial charge in [0.1, 0.15) is 18.0 Å². The van der Waals surface area contributed by atoms with Crippen LogP contribution in [0.5, 0.6) is 0 Å². The van der Waals surface area contributed by atoms with E-state index in [0.717, 1.165) is 36.3 Å². The van der Waals surface area contributed by atoms with Crippen molar-refractivity contribution < 1.29 is 0 Å². The van der Waals surface area contributed by atoms with Crippen LogP contribution in [0.1, 0.15) is 44.3 Å². The lowest BCUT2D eigenvalue weighted by Gasteiger charge is -2.06. The molecule has 0 saturated heterocycles.